The zero-order valence-electron chi connectivity index (χ0n) is 16.6. The lowest BCUT2D eigenvalue weighted by Crippen LogP contribution is -2.43. The monoisotopic (exact) mass is 338 g/mol. The van der Waals surface area contributed by atoms with Crippen LogP contribution in [0.25, 0.3) is 0 Å². The van der Waals surface area contributed by atoms with E-state index < -0.39 is 0 Å². The van der Waals surface area contributed by atoms with Crippen molar-refractivity contribution in [2.45, 2.75) is 60.5 Å². The Bertz CT molecular complexity index is 470. The van der Waals surface area contributed by atoms with E-state index >= 15 is 0 Å². The highest BCUT2D eigenvalue weighted by molar-refractivity contribution is 5.94. The highest BCUT2D eigenvalue weighted by Crippen LogP contribution is 2.28. The molecule has 2 atom stereocenters. The molecule has 6 heteroatoms. The average molecular weight is 338 g/mol. The molecule has 2 heterocycles. The first-order valence-corrected chi connectivity index (χ1v) is 8.47. The normalized spacial score (nSPS) is 19.9. The molecule has 2 rings (SSSR count). The Morgan fingerprint density at radius 3 is 1.92 bits per heavy atom. The van der Waals surface area contributed by atoms with Crippen molar-refractivity contribution in [1.29, 1.82) is 0 Å². The molecule has 1 N–H and O–H groups in total. The summed E-state index contributed by atoms with van der Waals surface area (Å²) >= 11 is 0. The van der Waals surface area contributed by atoms with Gasteiger partial charge in [0.05, 0.1) is 20.5 Å². The van der Waals surface area contributed by atoms with E-state index in [9.17, 15) is 0 Å². The van der Waals surface area contributed by atoms with E-state index in [2.05, 4.69) is 54.6 Å². The van der Waals surface area contributed by atoms with Crippen molar-refractivity contribution in [3.63, 3.8) is 0 Å². The minimum absolute atomic E-state index is 0.0272. The average Bonchev–Trinajstić information content (AvgIpc) is 3.14. The van der Waals surface area contributed by atoms with Gasteiger partial charge < -0.3 is 14.5 Å². The number of rotatable bonds is 1. The van der Waals surface area contributed by atoms with Crippen LogP contribution in [0, 0.1) is 11.3 Å². The summed E-state index contributed by atoms with van der Waals surface area (Å²) in [6.45, 7) is 14.6. The van der Waals surface area contributed by atoms with Crippen molar-refractivity contribution in [3.8, 4) is 0 Å². The summed E-state index contributed by atoms with van der Waals surface area (Å²) in [5.41, 5.74) is -0.0272. The van der Waals surface area contributed by atoms with Gasteiger partial charge in [0.25, 0.3) is 0 Å². The van der Waals surface area contributed by atoms with Gasteiger partial charge in [-0.3, -0.25) is 0 Å². The minimum Gasteiger partial charge on any atom is -0.483 e. The minimum atomic E-state index is -0.0718. The lowest BCUT2D eigenvalue weighted by molar-refractivity contribution is 0.283. The lowest BCUT2D eigenvalue weighted by atomic mass is 9.85. The Kier molecular flexibility index (Phi) is 10.0. The van der Waals surface area contributed by atoms with Crippen LogP contribution in [-0.4, -0.2) is 48.1 Å². The molecule has 0 aliphatic carbocycles. The molecule has 24 heavy (non-hydrogen) atoms. The Labute approximate surface area is 146 Å². The van der Waals surface area contributed by atoms with Crippen molar-refractivity contribution < 1.29 is 9.47 Å². The summed E-state index contributed by atoms with van der Waals surface area (Å²) in [5.74, 6) is 1.76. The van der Waals surface area contributed by atoms with Crippen molar-refractivity contribution >= 4 is 11.8 Å². The van der Waals surface area contributed by atoms with Crippen LogP contribution in [0.1, 0.15) is 48.5 Å². The fourth-order valence-corrected chi connectivity index (χ4v) is 2.07. The number of H-pyrrole nitrogens is 1. The van der Waals surface area contributed by atoms with Crippen LogP contribution in [-0.2, 0) is 9.47 Å². The summed E-state index contributed by atoms with van der Waals surface area (Å²) in [6.07, 6.45) is 5.08. The number of nitrogens with one attached hydrogen (secondary N) is 1. The van der Waals surface area contributed by atoms with Crippen LogP contribution < -0.4 is 0 Å². The number of aromatic amines is 1. The summed E-state index contributed by atoms with van der Waals surface area (Å²) in [5, 5.41) is 0. The molecule has 0 saturated carbocycles. The largest absolute Gasteiger partial charge is 0.483 e. The van der Waals surface area contributed by atoms with Gasteiger partial charge in [-0.25, -0.2) is 15.0 Å². The Hall–Kier alpha value is -1.85. The number of imidazole rings is 1. The van der Waals surface area contributed by atoms with Gasteiger partial charge in [-0.2, -0.15) is 0 Å². The molecular weight excluding hydrogens is 304 g/mol. The van der Waals surface area contributed by atoms with Gasteiger partial charge in [-0.1, -0.05) is 48.5 Å². The summed E-state index contributed by atoms with van der Waals surface area (Å²) < 4.78 is 10.8. The molecule has 0 bridgehead atoms. The molecule has 1 aliphatic heterocycles. The van der Waals surface area contributed by atoms with Crippen LogP contribution in [0.3, 0.4) is 0 Å². The van der Waals surface area contributed by atoms with Crippen molar-refractivity contribution in [3.05, 3.63) is 18.7 Å². The molecule has 0 radical (unpaired) electrons. The van der Waals surface area contributed by atoms with E-state index in [1.807, 2.05) is 13.8 Å². The quantitative estimate of drug-likeness (QED) is 0.842. The van der Waals surface area contributed by atoms with Gasteiger partial charge in [0.15, 0.2) is 0 Å². The lowest BCUT2D eigenvalue weighted by Gasteiger charge is -2.33. The molecular formula is C18H34N4O2. The molecule has 1 aromatic rings. The van der Waals surface area contributed by atoms with Crippen molar-refractivity contribution in [1.82, 2.24) is 9.97 Å². The summed E-state index contributed by atoms with van der Waals surface area (Å²) in [7, 11) is 3.31. The maximum Gasteiger partial charge on any atom is 0.210 e. The Morgan fingerprint density at radius 2 is 1.62 bits per heavy atom. The third kappa shape index (κ3) is 6.72. The number of hydrogen-bond acceptors (Lipinski definition) is 5. The van der Waals surface area contributed by atoms with Crippen LogP contribution in [0.4, 0.5) is 0 Å². The Morgan fingerprint density at radius 1 is 1.04 bits per heavy atom. The van der Waals surface area contributed by atoms with E-state index in [4.69, 9.17) is 9.47 Å². The predicted molar refractivity (Wildman–Crippen MR) is 101 cm³/mol. The van der Waals surface area contributed by atoms with Crippen molar-refractivity contribution in [2.24, 2.45) is 21.3 Å². The highest BCUT2D eigenvalue weighted by atomic mass is 16.5. The predicted octanol–water partition coefficient (Wildman–Crippen LogP) is 3.97. The number of hydrogen-bond donors (Lipinski definition) is 1. The number of methoxy groups -OCH3 is 2. The van der Waals surface area contributed by atoms with Gasteiger partial charge in [0, 0.05) is 12.4 Å². The first-order chi connectivity index (χ1) is 11.3. The van der Waals surface area contributed by atoms with Crippen LogP contribution >= 0.6 is 0 Å². The fourth-order valence-electron chi connectivity index (χ4n) is 2.07. The van der Waals surface area contributed by atoms with Gasteiger partial charge in [0.1, 0.15) is 12.1 Å². The van der Waals surface area contributed by atoms with Crippen molar-refractivity contribution in [2.75, 3.05) is 14.2 Å². The third-order valence-electron chi connectivity index (χ3n) is 3.29. The summed E-state index contributed by atoms with van der Waals surface area (Å²) in [6, 6.07) is -0.106. The topological polar surface area (TPSA) is 71.9 Å². The highest BCUT2D eigenvalue weighted by Gasteiger charge is 2.37. The third-order valence-corrected chi connectivity index (χ3v) is 3.29. The van der Waals surface area contributed by atoms with Crippen LogP contribution in [0.2, 0.25) is 0 Å². The fraction of sp³-hybridized carbons (Fsp3) is 0.722. The van der Waals surface area contributed by atoms with Crippen LogP contribution in [0.5, 0.6) is 0 Å². The molecule has 0 saturated heterocycles. The molecule has 0 fully saturated rings. The first-order valence-electron chi connectivity index (χ1n) is 8.47. The molecule has 0 spiro atoms. The smallest absolute Gasteiger partial charge is 0.210 e. The van der Waals surface area contributed by atoms with Gasteiger partial charge >= 0.3 is 0 Å². The second kappa shape index (κ2) is 10.8. The van der Waals surface area contributed by atoms with Gasteiger partial charge in [0.2, 0.25) is 11.8 Å². The SMILES string of the molecule is CC.COC1=N[C@H](C(C)(C)C)C(OC)=N[C@H]1C(C)C.c1c[nH]cn1. The van der Waals surface area contributed by atoms with E-state index in [1.165, 1.54) is 0 Å². The van der Waals surface area contributed by atoms with E-state index in [0.29, 0.717) is 17.7 Å². The van der Waals surface area contributed by atoms with E-state index in [1.54, 1.807) is 32.9 Å². The second-order valence-electron chi connectivity index (χ2n) is 6.56. The number of aliphatic imine (C=N–C) groups is 2. The maximum absolute atomic E-state index is 5.39. The first kappa shape index (κ1) is 22.1. The van der Waals surface area contributed by atoms with Crippen LogP contribution in [0.15, 0.2) is 28.7 Å². The zero-order valence-corrected chi connectivity index (χ0v) is 16.6. The maximum atomic E-state index is 5.39. The Balaban J connectivity index is 0.000000630. The molecule has 1 aliphatic rings. The molecule has 6 nitrogen and oxygen atoms in total. The number of nitrogens with zero attached hydrogens (tertiary/aromatic N) is 3. The van der Waals surface area contributed by atoms with Gasteiger partial charge in [-0.15, -0.1) is 0 Å². The van der Waals surface area contributed by atoms with E-state index in [-0.39, 0.29) is 17.5 Å². The number of ether oxygens (including phenoxy) is 2. The number of aromatic nitrogens is 2. The molecule has 0 amide bonds. The summed E-state index contributed by atoms with van der Waals surface area (Å²) in [4.78, 5) is 15.7. The molecule has 0 aromatic carbocycles. The standard InChI is InChI=1S/C13H24N2O2.C3H4N2.C2H6/c1-8(2)9-11(16-6)15-10(13(3,4)5)12(14-9)17-7;1-2-5-3-4-1;1-2/h8-10H,1-7H3;1-3H,(H,4,5);1-2H3/t9-,10-;;/m0../s1. The molecule has 138 valence electrons. The van der Waals surface area contributed by atoms with E-state index in [0.717, 1.165) is 0 Å². The van der Waals surface area contributed by atoms with Gasteiger partial charge in [-0.05, 0) is 11.3 Å². The zero-order chi connectivity index (χ0) is 18.8. The molecule has 0 unspecified atom stereocenters. The molecule has 1 aromatic heterocycles. The second-order valence-corrected chi connectivity index (χ2v) is 6.56.